The molecule has 11 heavy (non-hydrogen) atoms. The highest BCUT2D eigenvalue weighted by Crippen LogP contribution is 2.38. The molecule has 0 unspecified atom stereocenters. The van der Waals surface area contributed by atoms with Crippen LogP contribution in [0.25, 0.3) is 0 Å². The van der Waals surface area contributed by atoms with Crippen LogP contribution >= 0.6 is 0 Å². The van der Waals surface area contributed by atoms with Crippen LogP contribution in [-0.2, 0) is 0 Å². The van der Waals surface area contributed by atoms with E-state index < -0.39 is 0 Å². The Morgan fingerprint density at radius 1 is 1.55 bits per heavy atom. The van der Waals surface area contributed by atoms with Crippen molar-refractivity contribution in [2.45, 2.75) is 39.2 Å². The maximum absolute atomic E-state index is 9.46. The number of hydrogen-bond donors (Lipinski definition) is 1. The largest absolute Gasteiger partial charge is 0.393 e. The Morgan fingerprint density at radius 2 is 2.09 bits per heavy atom. The minimum absolute atomic E-state index is 0.210. The molecule has 1 rings (SSSR count). The second kappa shape index (κ2) is 3.40. The second-order valence-corrected chi connectivity index (χ2v) is 3.80. The molecule has 0 bridgehead atoms. The van der Waals surface area contributed by atoms with Gasteiger partial charge in [0.1, 0.15) is 0 Å². The lowest BCUT2D eigenvalue weighted by molar-refractivity contribution is 0.0779. The SMILES string of the molecule is C=C(C)[C@H](C1CCC1)[C@@H](C)O. The fourth-order valence-electron chi connectivity index (χ4n) is 2.01. The van der Waals surface area contributed by atoms with E-state index >= 15 is 0 Å². The van der Waals surface area contributed by atoms with Crippen molar-refractivity contribution in [2.75, 3.05) is 0 Å². The van der Waals surface area contributed by atoms with Crippen molar-refractivity contribution in [3.05, 3.63) is 12.2 Å². The zero-order valence-electron chi connectivity index (χ0n) is 7.51. The second-order valence-electron chi connectivity index (χ2n) is 3.80. The van der Waals surface area contributed by atoms with E-state index in [1.165, 1.54) is 19.3 Å². The molecule has 2 atom stereocenters. The molecule has 0 spiro atoms. The fraction of sp³-hybridized carbons (Fsp3) is 0.800. The molecule has 1 fully saturated rings. The highest BCUT2D eigenvalue weighted by atomic mass is 16.3. The molecule has 1 heteroatoms. The van der Waals surface area contributed by atoms with E-state index in [1.54, 1.807) is 0 Å². The van der Waals surface area contributed by atoms with Crippen LogP contribution in [0.5, 0.6) is 0 Å². The van der Waals surface area contributed by atoms with Gasteiger partial charge in [0.2, 0.25) is 0 Å². The molecule has 1 nitrogen and oxygen atoms in total. The third kappa shape index (κ3) is 1.84. The average Bonchev–Trinajstić information content (AvgIpc) is 1.75. The summed E-state index contributed by atoms with van der Waals surface area (Å²) in [7, 11) is 0. The van der Waals surface area contributed by atoms with Gasteiger partial charge in [0.25, 0.3) is 0 Å². The van der Waals surface area contributed by atoms with Gasteiger partial charge in [0.05, 0.1) is 6.10 Å². The Balaban J connectivity index is 2.51. The highest BCUT2D eigenvalue weighted by molar-refractivity contribution is 5.03. The number of aliphatic hydroxyl groups excluding tert-OH is 1. The monoisotopic (exact) mass is 154 g/mol. The zero-order valence-corrected chi connectivity index (χ0v) is 7.51. The Hall–Kier alpha value is -0.300. The maximum Gasteiger partial charge on any atom is 0.0579 e. The summed E-state index contributed by atoms with van der Waals surface area (Å²) in [6.45, 7) is 7.82. The van der Waals surface area contributed by atoms with E-state index in [9.17, 15) is 5.11 Å². The van der Waals surface area contributed by atoms with E-state index in [2.05, 4.69) is 6.58 Å². The normalized spacial score (nSPS) is 23.9. The van der Waals surface area contributed by atoms with Crippen LogP contribution in [0.3, 0.4) is 0 Å². The first-order valence-electron chi connectivity index (χ1n) is 4.46. The Bertz CT molecular complexity index is 145. The van der Waals surface area contributed by atoms with Crippen molar-refractivity contribution in [2.24, 2.45) is 11.8 Å². The van der Waals surface area contributed by atoms with Crippen LogP contribution in [-0.4, -0.2) is 11.2 Å². The van der Waals surface area contributed by atoms with Crippen molar-refractivity contribution in [3.63, 3.8) is 0 Å². The number of rotatable bonds is 3. The molecule has 0 saturated heterocycles. The van der Waals surface area contributed by atoms with Crippen molar-refractivity contribution in [3.8, 4) is 0 Å². The summed E-state index contributed by atoms with van der Waals surface area (Å²) >= 11 is 0. The van der Waals surface area contributed by atoms with Crippen molar-refractivity contribution >= 4 is 0 Å². The third-order valence-corrected chi connectivity index (χ3v) is 2.75. The summed E-state index contributed by atoms with van der Waals surface area (Å²) in [5.41, 5.74) is 1.14. The number of hydrogen-bond acceptors (Lipinski definition) is 1. The lowest BCUT2D eigenvalue weighted by Crippen LogP contribution is -2.30. The van der Waals surface area contributed by atoms with Crippen LogP contribution in [0.15, 0.2) is 12.2 Å². The van der Waals surface area contributed by atoms with E-state index in [0.717, 1.165) is 5.57 Å². The quantitative estimate of drug-likeness (QED) is 0.619. The van der Waals surface area contributed by atoms with Gasteiger partial charge in [-0.05, 0) is 32.6 Å². The van der Waals surface area contributed by atoms with E-state index in [4.69, 9.17) is 0 Å². The molecule has 0 aromatic heterocycles. The topological polar surface area (TPSA) is 20.2 Å². The first-order valence-corrected chi connectivity index (χ1v) is 4.46. The van der Waals surface area contributed by atoms with Gasteiger partial charge in [-0.3, -0.25) is 0 Å². The minimum atomic E-state index is -0.210. The summed E-state index contributed by atoms with van der Waals surface area (Å²) in [6.07, 6.45) is 3.68. The molecule has 1 saturated carbocycles. The maximum atomic E-state index is 9.46. The summed E-state index contributed by atoms with van der Waals surface area (Å²) in [5.74, 6) is 1.07. The minimum Gasteiger partial charge on any atom is -0.393 e. The van der Waals surface area contributed by atoms with E-state index in [0.29, 0.717) is 11.8 Å². The zero-order chi connectivity index (χ0) is 8.43. The van der Waals surface area contributed by atoms with Crippen LogP contribution in [0.2, 0.25) is 0 Å². The van der Waals surface area contributed by atoms with Crippen molar-refractivity contribution in [1.82, 2.24) is 0 Å². The first-order chi connectivity index (χ1) is 5.13. The van der Waals surface area contributed by atoms with Gasteiger partial charge in [-0.1, -0.05) is 18.6 Å². The molecule has 0 amide bonds. The molecule has 64 valence electrons. The molecule has 0 aromatic carbocycles. The van der Waals surface area contributed by atoms with Crippen molar-refractivity contribution in [1.29, 1.82) is 0 Å². The molecular formula is C10H18O. The summed E-state index contributed by atoms with van der Waals surface area (Å²) in [5, 5.41) is 9.46. The number of aliphatic hydroxyl groups is 1. The van der Waals surface area contributed by atoms with Gasteiger partial charge in [-0.15, -0.1) is 0 Å². The predicted octanol–water partition coefficient (Wildman–Crippen LogP) is 2.36. The van der Waals surface area contributed by atoms with Gasteiger partial charge in [0, 0.05) is 5.92 Å². The molecule has 1 aliphatic carbocycles. The van der Waals surface area contributed by atoms with Crippen LogP contribution in [0.4, 0.5) is 0 Å². The lowest BCUT2D eigenvalue weighted by Gasteiger charge is -2.35. The summed E-state index contributed by atoms with van der Waals surface area (Å²) < 4.78 is 0. The molecule has 1 N–H and O–H groups in total. The lowest BCUT2D eigenvalue weighted by atomic mass is 9.71. The van der Waals surface area contributed by atoms with E-state index in [1.807, 2.05) is 13.8 Å². The van der Waals surface area contributed by atoms with Gasteiger partial charge < -0.3 is 5.11 Å². The van der Waals surface area contributed by atoms with Gasteiger partial charge in [-0.25, -0.2) is 0 Å². The standard InChI is InChI=1S/C10H18O/c1-7(2)10(8(3)11)9-5-4-6-9/h8-11H,1,4-6H2,2-3H3/t8-,10+/m1/s1. The highest BCUT2D eigenvalue weighted by Gasteiger charge is 2.30. The Kier molecular flexibility index (Phi) is 2.72. The summed E-state index contributed by atoms with van der Waals surface area (Å²) in [6, 6.07) is 0. The Morgan fingerprint density at radius 3 is 2.18 bits per heavy atom. The molecule has 0 aromatic rings. The molecular weight excluding hydrogens is 136 g/mol. The third-order valence-electron chi connectivity index (χ3n) is 2.75. The predicted molar refractivity (Wildman–Crippen MR) is 47.3 cm³/mol. The van der Waals surface area contributed by atoms with Crippen LogP contribution in [0.1, 0.15) is 33.1 Å². The molecule has 0 radical (unpaired) electrons. The van der Waals surface area contributed by atoms with Gasteiger partial charge in [-0.2, -0.15) is 0 Å². The summed E-state index contributed by atoms with van der Waals surface area (Å²) in [4.78, 5) is 0. The van der Waals surface area contributed by atoms with E-state index in [-0.39, 0.29) is 6.10 Å². The molecule has 0 heterocycles. The first kappa shape index (κ1) is 8.79. The smallest absolute Gasteiger partial charge is 0.0579 e. The molecule has 1 aliphatic rings. The van der Waals surface area contributed by atoms with Crippen LogP contribution < -0.4 is 0 Å². The Labute approximate surface area is 69.1 Å². The average molecular weight is 154 g/mol. The van der Waals surface area contributed by atoms with Crippen molar-refractivity contribution < 1.29 is 5.11 Å². The van der Waals surface area contributed by atoms with Crippen LogP contribution in [0, 0.1) is 11.8 Å². The fourth-order valence-corrected chi connectivity index (χ4v) is 2.01. The molecule has 0 aliphatic heterocycles. The van der Waals surface area contributed by atoms with Gasteiger partial charge in [0.15, 0.2) is 0 Å². The van der Waals surface area contributed by atoms with Gasteiger partial charge >= 0.3 is 0 Å².